The van der Waals surface area contributed by atoms with Gasteiger partial charge in [0.15, 0.2) is 0 Å². The van der Waals surface area contributed by atoms with Crippen molar-refractivity contribution in [2.24, 2.45) is 0 Å². The molecular formula is C9H13NO2S. The molecule has 0 aliphatic carbocycles. The Morgan fingerprint density at radius 1 is 1.54 bits per heavy atom. The molecule has 1 aromatic rings. The van der Waals surface area contributed by atoms with Crippen LogP contribution in [0.15, 0.2) is 23.1 Å². The predicted octanol–water partition coefficient (Wildman–Crippen LogP) is 1.29. The maximum atomic E-state index is 11.5. The highest BCUT2D eigenvalue weighted by Gasteiger charge is 2.06. The molecule has 1 atom stereocenters. The number of aryl methyl sites for hydroxylation is 1. The van der Waals surface area contributed by atoms with Gasteiger partial charge in [-0.3, -0.25) is 4.21 Å². The van der Waals surface area contributed by atoms with Crippen molar-refractivity contribution in [3.63, 3.8) is 0 Å². The Morgan fingerprint density at radius 3 is 2.85 bits per heavy atom. The van der Waals surface area contributed by atoms with Gasteiger partial charge in [0.25, 0.3) is 0 Å². The van der Waals surface area contributed by atoms with Crippen LogP contribution in [-0.2, 0) is 15.5 Å². The number of rotatable bonds is 3. The third-order valence-corrected chi connectivity index (χ3v) is 3.06. The number of methoxy groups -OCH3 is 1. The standard InChI is InChI=1S/C9H13NO2S/c1-7-3-4-8(10)5-9(7)13(11)6-12-2/h3-5H,6,10H2,1-2H3. The Bertz CT molecular complexity index is 325. The molecule has 1 unspecified atom stereocenters. The second-order valence-electron chi connectivity index (χ2n) is 2.78. The lowest BCUT2D eigenvalue weighted by Crippen LogP contribution is -2.02. The van der Waals surface area contributed by atoms with Gasteiger partial charge in [-0.05, 0) is 24.6 Å². The fourth-order valence-electron chi connectivity index (χ4n) is 1.03. The summed E-state index contributed by atoms with van der Waals surface area (Å²) < 4.78 is 16.4. The minimum absolute atomic E-state index is 0.213. The van der Waals surface area contributed by atoms with Crippen molar-refractivity contribution in [2.75, 3.05) is 18.8 Å². The maximum absolute atomic E-state index is 11.5. The van der Waals surface area contributed by atoms with Crippen LogP contribution in [0.4, 0.5) is 5.69 Å². The molecule has 13 heavy (non-hydrogen) atoms. The van der Waals surface area contributed by atoms with E-state index in [2.05, 4.69) is 0 Å². The molecule has 72 valence electrons. The third kappa shape index (κ3) is 2.54. The van der Waals surface area contributed by atoms with Crippen LogP contribution in [0.5, 0.6) is 0 Å². The van der Waals surface area contributed by atoms with Crippen LogP contribution >= 0.6 is 0 Å². The quantitative estimate of drug-likeness (QED) is 0.746. The zero-order valence-corrected chi connectivity index (χ0v) is 8.56. The Balaban J connectivity index is 2.99. The van der Waals surface area contributed by atoms with Crippen LogP contribution < -0.4 is 5.73 Å². The van der Waals surface area contributed by atoms with Crippen LogP contribution in [0.1, 0.15) is 5.56 Å². The molecule has 0 fully saturated rings. The first-order valence-corrected chi connectivity index (χ1v) is 5.20. The monoisotopic (exact) mass is 199 g/mol. The summed E-state index contributed by atoms with van der Waals surface area (Å²) in [6.45, 7) is 1.91. The molecule has 1 aromatic carbocycles. The van der Waals surface area contributed by atoms with Gasteiger partial charge in [0, 0.05) is 17.7 Å². The molecule has 0 amide bonds. The molecule has 0 spiro atoms. The fraction of sp³-hybridized carbons (Fsp3) is 0.333. The van der Waals surface area contributed by atoms with E-state index in [9.17, 15) is 4.21 Å². The first-order chi connectivity index (χ1) is 6.15. The Hall–Kier alpha value is -0.870. The highest BCUT2D eigenvalue weighted by molar-refractivity contribution is 7.84. The highest BCUT2D eigenvalue weighted by Crippen LogP contribution is 2.16. The van der Waals surface area contributed by atoms with Crippen LogP contribution in [0.2, 0.25) is 0 Å². The largest absolute Gasteiger partial charge is 0.399 e. The first-order valence-electron chi connectivity index (χ1n) is 3.88. The molecule has 1 rings (SSSR count). The van der Waals surface area contributed by atoms with Crippen molar-refractivity contribution in [3.05, 3.63) is 23.8 Å². The second-order valence-corrected chi connectivity index (χ2v) is 4.14. The number of benzene rings is 1. The van der Waals surface area contributed by atoms with Gasteiger partial charge in [-0.25, -0.2) is 0 Å². The average molecular weight is 199 g/mol. The summed E-state index contributed by atoms with van der Waals surface area (Å²) in [7, 11) is 0.420. The van der Waals surface area contributed by atoms with Gasteiger partial charge in [0.2, 0.25) is 0 Å². The molecule has 4 heteroatoms. The number of nitrogen functional groups attached to an aromatic ring is 1. The van der Waals surface area contributed by atoms with E-state index in [1.54, 1.807) is 12.1 Å². The summed E-state index contributed by atoms with van der Waals surface area (Å²) in [5, 5.41) is 0. The van der Waals surface area contributed by atoms with Gasteiger partial charge in [0.05, 0.1) is 10.8 Å². The third-order valence-electron chi connectivity index (χ3n) is 1.68. The van der Waals surface area contributed by atoms with Gasteiger partial charge in [0.1, 0.15) is 5.94 Å². The van der Waals surface area contributed by atoms with Gasteiger partial charge in [-0.2, -0.15) is 0 Å². The molecule has 0 radical (unpaired) electrons. The maximum Gasteiger partial charge on any atom is 0.126 e. The van der Waals surface area contributed by atoms with Crippen molar-refractivity contribution < 1.29 is 8.95 Å². The van der Waals surface area contributed by atoms with Gasteiger partial charge in [-0.1, -0.05) is 6.07 Å². The van der Waals surface area contributed by atoms with E-state index in [-0.39, 0.29) is 5.94 Å². The Morgan fingerprint density at radius 2 is 2.23 bits per heavy atom. The molecule has 0 saturated heterocycles. The highest BCUT2D eigenvalue weighted by atomic mass is 32.2. The van der Waals surface area contributed by atoms with E-state index in [1.807, 2.05) is 13.0 Å². The van der Waals surface area contributed by atoms with Crippen molar-refractivity contribution in [1.29, 1.82) is 0 Å². The van der Waals surface area contributed by atoms with E-state index in [4.69, 9.17) is 10.5 Å². The van der Waals surface area contributed by atoms with Crippen molar-refractivity contribution >= 4 is 16.5 Å². The SMILES string of the molecule is COCS(=O)c1cc(N)ccc1C. The molecule has 0 aromatic heterocycles. The van der Waals surface area contributed by atoms with E-state index >= 15 is 0 Å². The lowest BCUT2D eigenvalue weighted by atomic mass is 10.2. The van der Waals surface area contributed by atoms with E-state index in [0.717, 1.165) is 10.5 Å². The van der Waals surface area contributed by atoms with E-state index < -0.39 is 10.8 Å². The summed E-state index contributed by atoms with van der Waals surface area (Å²) >= 11 is 0. The number of hydrogen-bond donors (Lipinski definition) is 1. The van der Waals surface area contributed by atoms with Crippen LogP contribution in [-0.4, -0.2) is 17.3 Å². The van der Waals surface area contributed by atoms with Gasteiger partial charge in [-0.15, -0.1) is 0 Å². The van der Waals surface area contributed by atoms with Crippen molar-refractivity contribution in [3.8, 4) is 0 Å². The fourth-order valence-corrected chi connectivity index (χ4v) is 2.07. The zero-order chi connectivity index (χ0) is 9.84. The van der Waals surface area contributed by atoms with Crippen LogP contribution in [0, 0.1) is 6.92 Å². The van der Waals surface area contributed by atoms with Gasteiger partial charge < -0.3 is 10.5 Å². The summed E-state index contributed by atoms with van der Waals surface area (Å²) in [5.41, 5.74) is 7.19. The molecule has 3 nitrogen and oxygen atoms in total. The molecule has 0 aliphatic rings. The lowest BCUT2D eigenvalue weighted by molar-refractivity contribution is 0.254. The Kier molecular flexibility index (Phi) is 3.45. The lowest BCUT2D eigenvalue weighted by Gasteiger charge is -2.05. The predicted molar refractivity (Wildman–Crippen MR) is 53.9 cm³/mol. The van der Waals surface area contributed by atoms with Crippen molar-refractivity contribution in [2.45, 2.75) is 11.8 Å². The van der Waals surface area contributed by atoms with E-state index in [1.165, 1.54) is 7.11 Å². The average Bonchev–Trinajstić information content (AvgIpc) is 2.09. The molecule has 0 bridgehead atoms. The zero-order valence-electron chi connectivity index (χ0n) is 7.74. The van der Waals surface area contributed by atoms with Crippen molar-refractivity contribution in [1.82, 2.24) is 0 Å². The summed E-state index contributed by atoms with van der Waals surface area (Å²) in [6, 6.07) is 5.38. The Labute approximate surface area is 80.4 Å². The normalized spacial score (nSPS) is 12.8. The first kappa shape index (κ1) is 10.2. The van der Waals surface area contributed by atoms with Gasteiger partial charge >= 0.3 is 0 Å². The topological polar surface area (TPSA) is 52.3 Å². The smallest absolute Gasteiger partial charge is 0.126 e. The minimum Gasteiger partial charge on any atom is -0.399 e. The molecule has 0 aliphatic heterocycles. The number of hydrogen-bond acceptors (Lipinski definition) is 3. The summed E-state index contributed by atoms with van der Waals surface area (Å²) in [5.74, 6) is 0.213. The molecule has 2 N–H and O–H groups in total. The minimum atomic E-state index is -1.11. The number of anilines is 1. The van der Waals surface area contributed by atoms with Crippen LogP contribution in [0.25, 0.3) is 0 Å². The van der Waals surface area contributed by atoms with E-state index in [0.29, 0.717) is 5.69 Å². The summed E-state index contributed by atoms with van der Waals surface area (Å²) in [6.07, 6.45) is 0. The number of ether oxygens (including phenoxy) is 1. The summed E-state index contributed by atoms with van der Waals surface area (Å²) in [4.78, 5) is 0.752. The molecular weight excluding hydrogens is 186 g/mol. The number of nitrogens with two attached hydrogens (primary N) is 1. The second kappa shape index (κ2) is 4.39. The molecule has 0 saturated carbocycles. The molecule has 0 heterocycles. The van der Waals surface area contributed by atoms with Crippen LogP contribution in [0.3, 0.4) is 0 Å².